The van der Waals surface area contributed by atoms with E-state index >= 15 is 0 Å². The molecule has 0 saturated carbocycles. The molecule has 0 saturated heterocycles. The first-order chi connectivity index (χ1) is 10.3. The van der Waals surface area contributed by atoms with Crippen molar-refractivity contribution in [1.82, 2.24) is 4.98 Å². The van der Waals surface area contributed by atoms with Gasteiger partial charge in [0.15, 0.2) is 0 Å². The minimum Gasteiger partial charge on any atom is -0.260 e. The van der Waals surface area contributed by atoms with Crippen LogP contribution in [0.5, 0.6) is 0 Å². The van der Waals surface area contributed by atoms with E-state index in [9.17, 15) is 4.39 Å². The second-order valence-corrected chi connectivity index (χ2v) is 5.27. The Hall–Kier alpha value is -2.22. The quantitative estimate of drug-likeness (QED) is 0.624. The Morgan fingerprint density at radius 2 is 1.67 bits per heavy atom. The lowest BCUT2D eigenvalue weighted by molar-refractivity contribution is 0.628. The van der Waals surface area contributed by atoms with E-state index < -0.39 is 0 Å². The van der Waals surface area contributed by atoms with Crippen LogP contribution < -0.4 is 0 Å². The number of unbranched alkanes of at least 4 members (excludes halogenated alkanes) is 1. The van der Waals surface area contributed by atoms with Crippen LogP contribution in [0.15, 0.2) is 54.7 Å². The van der Waals surface area contributed by atoms with Crippen LogP contribution in [0, 0.1) is 5.82 Å². The molecule has 0 bridgehead atoms. The Bertz CT molecular complexity index is 747. The molecular formula is C19H18FN. The van der Waals surface area contributed by atoms with Gasteiger partial charge in [0.05, 0.1) is 0 Å². The molecule has 0 amide bonds. The van der Waals surface area contributed by atoms with E-state index in [2.05, 4.69) is 24.0 Å². The zero-order chi connectivity index (χ0) is 14.7. The minimum absolute atomic E-state index is 0.212. The topological polar surface area (TPSA) is 12.9 Å². The van der Waals surface area contributed by atoms with E-state index in [4.69, 9.17) is 0 Å². The number of pyridine rings is 1. The third kappa shape index (κ3) is 2.80. The van der Waals surface area contributed by atoms with Crippen molar-refractivity contribution in [1.29, 1.82) is 0 Å². The van der Waals surface area contributed by atoms with Gasteiger partial charge in [0.2, 0.25) is 0 Å². The highest BCUT2D eigenvalue weighted by Gasteiger charge is 2.08. The van der Waals surface area contributed by atoms with Crippen LogP contribution in [0.3, 0.4) is 0 Å². The molecule has 0 N–H and O–H groups in total. The highest BCUT2D eigenvalue weighted by Crippen LogP contribution is 2.30. The summed E-state index contributed by atoms with van der Waals surface area (Å²) in [5, 5.41) is 2.39. The van der Waals surface area contributed by atoms with E-state index in [0.29, 0.717) is 0 Å². The second kappa shape index (κ2) is 6.04. The van der Waals surface area contributed by atoms with Crippen LogP contribution in [0.25, 0.3) is 21.9 Å². The normalized spacial score (nSPS) is 11.0. The van der Waals surface area contributed by atoms with Crippen molar-refractivity contribution in [3.63, 3.8) is 0 Å². The summed E-state index contributed by atoms with van der Waals surface area (Å²) < 4.78 is 13.1. The molecular weight excluding hydrogens is 261 g/mol. The molecule has 3 aromatic rings. The minimum atomic E-state index is -0.212. The third-order valence-electron chi connectivity index (χ3n) is 3.80. The van der Waals surface area contributed by atoms with Crippen LogP contribution in [0.2, 0.25) is 0 Å². The average molecular weight is 279 g/mol. The highest BCUT2D eigenvalue weighted by atomic mass is 19.1. The summed E-state index contributed by atoms with van der Waals surface area (Å²) >= 11 is 0. The van der Waals surface area contributed by atoms with Crippen LogP contribution in [0.4, 0.5) is 4.39 Å². The van der Waals surface area contributed by atoms with E-state index in [1.54, 1.807) is 0 Å². The van der Waals surface area contributed by atoms with Gasteiger partial charge in [0.1, 0.15) is 5.82 Å². The molecule has 0 spiro atoms. The molecule has 0 fully saturated rings. The molecule has 3 rings (SSSR count). The number of halogens is 1. The van der Waals surface area contributed by atoms with Crippen molar-refractivity contribution in [3.8, 4) is 11.1 Å². The van der Waals surface area contributed by atoms with Crippen molar-refractivity contribution >= 4 is 10.8 Å². The van der Waals surface area contributed by atoms with Gasteiger partial charge in [-0.2, -0.15) is 0 Å². The van der Waals surface area contributed by atoms with Crippen molar-refractivity contribution in [3.05, 3.63) is 66.2 Å². The summed E-state index contributed by atoms with van der Waals surface area (Å²) in [5.41, 5.74) is 3.21. The molecule has 106 valence electrons. The zero-order valence-electron chi connectivity index (χ0n) is 12.1. The van der Waals surface area contributed by atoms with Gasteiger partial charge >= 0.3 is 0 Å². The van der Waals surface area contributed by atoms with Gasteiger partial charge < -0.3 is 0 Å². The van der Waals surface area contributed by atoms with Crippen LogP contribution >= 0.6 is 0 Å². The summed E-state index contributed by atoms with van der Waals surface area (Å²) in [6.45, 7) is 2.19. The van der Waals surface area contributed by atoms with Crippen molar-refractivity contribution in [2.45, 2.75) is 26.2 Å². The molecule has 0 aliphatic rings. The maximum Gasteiger partial charge on any atom is 0.123 e. The van der Waals surface area contributed by atoms with Crippen molar-refractivity contribution < 1.29 is 4.39 Å². The molecule has 0 unspecified atom stereocenters. The van der Waals surface area contributed by atoms with Crippen LogP contribution in [0.1, 0.15) is 25.5 Å². The first kappa shape index (κ1) is 13.7. The smallest absolute Gasteiger partial charge is 0.123 e. The first-order valence-corrected chi connectivity index (χ1v) is 7.42. The summed E-state index contributed by atoms with van der Waals surface area (Å²) in [5.74, 6) is -0.212. The fraction of sp³-hybridized carbons (Fsp3) is 0.211. The average Bonchev–Trinajstić information content (AvgIpc) is 2.53. The van der Waals surface area contributed by atoms with Crippen LogP contribution in [-0.2, 0) is 6.42 Å². The maximum atomic E-state index is 13.1. The number of nitrogens with zero attached hydrogens (tertiary/aromatic N) is 1. The van der Waals surface area contributed by atoms with Crippen molar-refractivity contribution in [2.75, 3.05) is 0 Å². The van der Waals surface area contributed by atoms with Gasteiger partial charge in [-0.3, -0.25) is 4.98 Å². The second-order valence-electron chi connectivity index (χ2n) is 5.27. The number of hydrogen-bond acceptors (Lipinski definition) is 1. The van der Waals surface area contributed by atoms with Gasteiger partial charge in [-0.25, -0.2) is 4.39 Å². The van der Waals surface area contributed by atoms with Gasteiger partial charge in [-0.1, -0.05) is 49.7 Å². The van der Waals surface area contributed by atoms with Crippen molar-refractivity contribution in [2.24, 2.45) is 0 Å². The SMILES string of the molecule is CCCCc1ncc(-c2ccc(F)cc2)c2ccccc12. The molecule has 21 heavy (non-hydrogen) atoms. The molecule has 1 nitrogen and oxygen atoms in total. The summed E-state index contributed by atoms with van der Waals surface area (Å²) in [7, 11) is 0. The monoisotopic (exact) mass is 279 g/mol. The lowest BCUT2D eigenvalue weighted by Crippen LogP contribution is -1.94. The number of hydrogen-bond donors (Lipinski definition) is 0. The molecule has 2 heteroatoms. The van der Waals surface area contributed by atoms with Gasteiger partial charge in [-0.15, -0.1) is 0 Å². The Kier molecular flexibility index (Phi) is 3.96. The maximum absolute atomic E-state index is 13.1. The van der Waals surface area contributed by atoms with Gasteiger partial charge in [-0.05, 0) is 35.9 Å². The molecule has 1 aromatic heterocycles. The third-order valence-corrected chi connectivity index (χ3v) is 3.80. The number of aromatic nitrogens is 1. The number of fused-ring (bicyclic) bond motifs is 1. The predicted octanol–water partition coefficient (Wildman–Crippen LogP) is 5.38. The van der Waals surface area contributed by atoms with Gasteiger partial charge in [0, 0.05) is 22.8 Å². The summed E-state index contributed by atoms with van der Waals surface area (Å²) in [6.07, 6.45) is 5.23. The van der Waals surface area contributed by atoms with Crippen LogP contribution in [-0.4, -0.2) is 4.98 Å². The van der Waals surface area contributed by atoms with E-state index in [1.807, 2.05) is 30.5 Å². The molecule has 0 atom stereocenters. The Morgan fingerprint density at radius 1 is 0.952 bits per heavy atom. The molecule has 0 radical (unpaired) electrons. The fourth-order valence-corrected chi connectivity index (χ4v) is 2.65. The number of benzene rings is 2. The first-order valence-electron chi connectivity index (χ1n) is 7.42. The van der Waals surface area contributed by atoms with E-state index in [-0.39, 0.29) is 5.82 Å². The summed E-state index contributed by atoms with van der Waals surface area (Å²) in [4.78, 5) is 4.65. The van der Waals surface area contributed by atoms with Gasteiger partial charge in [0.25, 0.3) is 0 Å². The lowest BCUT2D eigenvalue weighted by atomic mass is 9.98. The van der Waals surface area contributed by atoms with E-state index in [1.165, 1.54) is 22.9 Å². The Morgan fingerprint density at radius 3 is 2.38 bits per heavy atom. The number of rotatable bonds is 4. The standard InChI is InChI=1S/C19H18FN/c1-2-3-8-19-17-7-5-4-6-16(17)18(13-21-19)14-9-11-15(20)12-10-14/h4-7,9-13H,2-3,8H2,1H3. The molecule has 0 aliphatic heterocycles. The fourth-order valence-electron chi connectivity index (χ4n) is 2.65. The number of aryl methyl sites for hydroxylation is 1. The molecule has 2 aromatic carbocycles. The Balaban J connectivity index is 2.14. The summed E-state index contributed by atoms with van der Waals surface area (Å²) in [6, 6.07) is 14.9. The molecule has 1 heterocycles. The molecule has 0 aliphatic carbocycles. The van der Waals surface area contributed by atoms with E-state index in [0.717, 1.165) is 36.1 Å². The highest BCUT2D eigenvalue weighted by molar-refractivity contribution is 5.97. The lowest BCUT2D eigenvalue weighted by Gasteiger charge is -2.10. The Labute approximate surface area is 124 Å². The largest absolute Gasteiger partial charge is 0.260 e. The zero-order valence-corrected chi connectivity index (χ0v) is 12.1. The predicted molar refractivity (Wildman–Crippen MR) is 85.7 cm³/mol.